The summed E-state index contributed by atoms with van der Waals surface area (Å²) in [7, 11) is 0. The number of rotatable bonds is 6. The molecule has 1 N–H and O–H groups in total. The maximum Gasteiger partial charge on any atom is 0.416 e. The van der Waals surface area contributed by atoms with Crippen molar-refractivity contribution in [2.24, 2.45) is 0 Å². The Morgan fingerprint density at radius 3 is 2.15 bits per heavy atom. The zero-order valence-corrected chi connectivity index (χ0v) is 15.5. The molecular weight excluding hydrogens is 355 g/mol. The van der Waals surface area contributed by atoms with Gasteiger partial charge < -0.3 is 5.32 Å². The number of Topliss-reactive ketones (excluding diaryl/α,β-unsaturated/α-hetero) is 1. The number of carbonyl (C=O) groups is 2. The molecule has 1 amide bonds. The molecule has 27 heavy (non-hydrogen) atoms. The first kappa shape index (κ1) is 20.7. The predicted octanol–water partition coefficient (Wildman–Crippen LogP) is 5.16. The molecule has 0 aliphatic carbocycles. The van der Waals surface area contributed by atoms with Gasteiger partial charge in [0.1, 0.15) is 0 Å². The van der Waals surface area contributed by atoms with Crippen LogP contribution in [0, 0.1) is 13.8 Å². The van der Waals surface area contributed by atoms with Crippen LogP contribution in [-0.2, 0) is 11.0 Å². The van der Waals surface area contributed by atoms with Crippen molar-refractivity contribution in [3.05, 3.63) is 70.3 Å². The lowest BCUT2D eigenvalue weighted by Crippen LogP contribution is -2.27. The van der Waals surface area contributed by atoms with Crippen molar-refractivity contribution in [2.75, 3.05) is 0 Å². The molecule has 2 aromatic rings. The Labute approximate surface area is 156 Å². The van der Waals surface area contributed by atoms with E-state index in [0.717, 1.165) is 23.3 Å². The Morgan fingerprint density at radius 2 is 1.59 bits per heavy atom. The molecule has 144 valence electrons. The fourth-order valence-corrected chi connectivity index (χ4v) is 2.64. The van der Waals surface area contributed by atoms with E-state index in [1.807, 2.05) is 19.9 Å². The van der Waals surface area contributed by atoms with Crippen LogP contribution >= 0.6 is 0 Å². The molecule has 2 rings (SSSR count). The standard InChI is InChI=1S/C21H22F3NO2/c1-13-4-5-17(12-14(13)2)19(26)10-11-20(27)25-15(3)16-6-8-18(9-7-16)21(22,23)24/h4-9,12,15H,10-11H2,1-3H3,(H,25,27). The lowest BCUT2D eigenvalue weighted by atomic mass is 10.0. The van der Waals surface area contributed by atoms with Gasteiger partial charge >= 0.3 is 6.18 Å². The summed E-state index contributed by atoms with van der Waals surface area (Å²) in [5.41, 5.74) is 2.51. The summed E-state index contributed by atoms with van der Waals surface area (Å²) in [6.45, 7) is 5.57. The third kappa shape index (κ3) is 5.67. The number of carbonyl (C=O) groups excluding carboxylic acids is 2. The van der Waals surface area contributed by atoms with Crippen LogP contribution in [-0.4, -0.2) is 11.7 Å². The molecular formula is C21H22F3NO2. The molecule has 0 heterocycles. The van der Waals surface area contributed by atoms with Gasteiger partial charge in [-0.2, -0.15) is 13.2 Å². The van der Waals surface area contributed by atoms with Gasteiger partial charge in [0.05, 0.1) is 11.6 Å². The Hall–Kier alpha value is -2.63. The van der Waals surface area contributed by atoms with Crippen LogP contribution in [0.2, 0.25) is 0 Å². The predicted molar refractivity (Wildman–Crippen MR) is 97.5 cm³/mol. The quantitative estimate of drug-likeness (QED) is 0.707. The van der Waals surface area contributed by atoms with Crippen LogP contribution in [0.25, 0.3) is 0 Å². The Bertz CT molecular complexity index is 826. The lowest BCUT2D eigenvalue weighted by Gasteiger charge is -2.15. The highest BCUT2D eigenvalue weighted by Gasteiger charge is 2.30. The molecule has 0 bridgehead atoms. The second-order valence-electron chi connectivity index (χ2n) is 6.63. The molecule has 1 unspecified atom stereocenters. The van der Waals surface area contributed by atoms with Crippen molar-refractivity contribution < 1.29 is 22.8 Å². The van der Waals surface area contributed by atoms with Crippen molar-refractivity contribution in [3.63, 3.8) is 0 Å². The van der Waals surface area contributed by atoms with Crippen molar-refractivity contribution in [1.29, 1.82) is 0 Å². The number of halogens is 3. The zero-order valence-electron chi connectivity index (χ0n) is 15.5. The smallest absolute Gasteiger partial charge is 0.350 e. The number of alkyl halides is 3. The van der Waals surface area contributed by atoms with Gasteiger partial charge in [0.2, 0.25) is 5.91 Å². The molecule has 3 nitrogen and oxygen atoms in total. The number of nitrogens with one attached hydrogen (secondary N) is 1. The molecule has 0 aliphatic heterocycles. The molecule has 0 fully saturated rings. The van der Waals surface area contributed by atoms with Gasteiger partial charge in [-0.3, -0.25) is 9.59 Å². The molecule has 0 radical (unpaired) electrons. The van der Waals surface area contributed by atoms with E-state index in [0.29, 0.717) is 11.1 Å². The van der Waals surface area contributed by atoms with Gasteiger partial charge in [-0.1, -0.05) is 24.3 Å². The van der Waals surface area contributed by atoms with Crippen LogP contribution in [0.4, 0.5) is 13.2 Å². The Kier molecular flexibility index (Phi) is 6.41. The van der Waals surface area contributed by atoms with Gasteiger partial charge in [-0.15, -0.1) is 0 Å². The van der Waals surface area contributed by atoms with Crippen LogP contribution in [0.5, 0.6) is 0 Å². The second-order valence-corrected chi connectivity index (χ2v) is 6.63. The van der Waals surface area contributed by atoms with E-state index >= 15 is 0 Å². The Balaban J connectivity index is 1.89. The SMILES string of the molecule is Cc1ccc(C(=O)CCC(=O)NC(C)c2ccc(C(F)(F)F)cc2)cc1C. The first-order valence-electron chi connectivity index (χ1n) is 8.65. The highest BCUT2D eigenvalue weighted by molar-refractivity contribution is 5.98. The Morgan fingerprint density at radius 1 is 0.963 bits per heavy atom. The van der Waals surface area contributed by atoms with E-state index in [-0.39, 0.29) is 24.5 Å². The van der Waals surface area contributed by atoms with E-state index in [2.05, 4.69) is 5.32 Å². The monoisotopic (exact) mass is 377 g/mol. The zero-order chi connectivity index (χ0) is 20.2. The van der Waals surface area contributed by atoms with E-state index in [1.165, 1.54) is 12.1 Å². The minimum Gasteiger partial charge on any atom is -0.350 e. The minimum absolute atomic E-state index is 0.0245. The number of benzene rings is 2. The van der Waals surface area contributed by atoms with Crippen LogP contribution < -0.4 is 5.32 Å². The molecule has 6 heteroatoms. The fraction of sp³-hybridized carbons (Fsp3) is 0.333. The average Bonchev–Trinajstić information content (AvgIpc) is 2.61. The van der Waals surface area contributed by atoms with Crippen molar-refractivity contribution in [3.8, 4) is 0 Å². The summed E-state index contributed by atoms with van der Waals surface area (Å²) in [5, 5.41) is 2.71. The van der Waals surface area contributed by atoms with Gasteiger partial charge in [0, 0.05) is 18.4 Å². The van der Waals surface area contributed by atoms with Crippen LogP contribution in [0.15, 0.2) is 42.5 Å². The molecule has 1 atom stereocenters. The van der Waals surface area contributed by atoms with Gasteiger partial charge in [0.25, 0.3) is 0 Å². The van der Waals surface area contributed by atoms with Gasteiger partial charge in [-0.05, 0) is 55.7 Å². The van der Waals surface area contributed by atoms with E-state index in [1.54, 1.807) is 19.1 Å². The maximum absolute atomic E-state index is 12.6. The molecule has 0 saturated heterocycles. The van der Waals surface area contributed by atoms with Crippen LogP contribution in [0.3, 0.4) is 0 Å². The maximum atomic E-state index is 12.6. The summed E-state index contributed by atoms with van der Waals surface area (Å²) in [5.74, 6) is -0.435. The highest BCUT2D eigenvalue weighted by atomic mass is 19.4. The first-order valence-corrected chi connectivity index (χ1v) is 8.65. The van der Waals surface area contributed by atoms with Crippen molar-refractivity contribution in [1.82, 2.24) is 5.32 Å². The summed E-state index contributed by atoms with van der Waals surface area (Å²) >= 11 is 0. The summed E-state index contributed by atoms with van der Waals surface area (Å²) in [4.78, 5) is 24.3. The molecule has 2 aromatic carbocycles. The normalized spacial score (nSPS) is 12.5. The fourth-order valence-electron chi connectivity index (χ4n) is 2.64. The summed E-state index contributed by atoms with van der Waals surface area (Å²) in [6, 6.07) is 9.63. The number of ketones is 1. The molecule has 0 aromatic heterocycles. The van der Waals surface area contributed by atoms with E-state index in [9.17, 15) is 22.8 Å². The minimum atomic E-state index is -4.39. The third-order valence-electron chi connectivity index (χ3n) is 4.52. The molecule has 0 spiro atoms. The van der Waals surface area contributed by atoms with Crippen molar-refractivity contribution >= 4 is 11.7 Å². The molecule has 0 aliphatic rings. The third-order valence-corrected chi connectivity index (χ3v) is 4.52. The highest BCUT2D eigenvalue weighted by Crippen LogP contribution is 2.29. The van der Waals surface area contributed by atoms with Crippen molar-refractivity contribution in [2.45, 2.75) is 45.8 Å². The van der Waals surface area contributed by atoms with E-state index < -0.39 is 17.8 Å². The van der Waals surface area contributed by atoms with Crippen LogP contribution in [0.1, 0.15) is 58.4 Å². The summed E-state index contributed by atoms with van der Waals surface area (Å²) < 4.78 is 37.8. The topological polar surface area (TPSA) is 46.2 Å². The largest absolute Gasteiger partial charge is 0.416 e. The first-order chi connectivity index (χ1) is 12.6. The number of aryl methyl sites for hydroxylation is 2. The second kappa shape index (κ2) is 8.37. The number of amides is 1. The van der Waals surface area contributed by atoms with Gasteiger partial charge in [0.15, 0.2) is 5.78 Å². The lowest BCUT2D eigenvalue weighted by molar-refractivity contribution is -0.137. The van der Waals surface area contributed by atoms with E-state index in [4.69, 9.17) is 0 Å². The summed E-state index contributed by atoms with van der Waals surface area (Å²) in [6.07, 6.45) is -4.29. The number of hydrogen-bond acceptors (Lipinski definition) is 2. The average molecular weight is 377 g/mol. The number of hydrogen-bond donors (Lipinski definition) is 1. The van der Waals surface area contributed by atoms with Gasteiger partial charge in [-0.25, -0.2) is 0 Å². The molecule has 0 saturated carbocycles.